The van der Waals surface area contributed by atoms with Gasteiger partial charge in [-0.2, -0.15) is 11.8 Å². The molecule has 0 bridgehead atoms. The van der Waals surface area contributed by atoms with Gasteiger partial charge in [0.05, 0.1) is 0 Å². The number of rotatable bonds is 9. The van der Waals surface area contributed by atoms with Crippen LogP contribution in [0, 0.1) is 5.82 Å². The molecule has 4 heteroatoms. The Morgan fingerprint density at radius 2 is 2.10 bits per heavy atom. The Balaban J connectivity index is 2.90. The zero-order chi connectivity index (χ0) is 15.0. The first-order valence-corrected chi connectivity index (χ1v) is 8.74. The van der Waals surface area contributed by atoms with Gasteiger partial charge in [0.2, 0.25) is 0 Å². The molecular formula is C16H27FN2S. The number of benzene rings is 1. The van der Waals surface area contributed by atoms with E-state index in [2.05, 4.69) is 37.4 Å². The highest BCUT2D eigenvalue weighted by Gasteiger charge is 2.16. The summed E-state index contributed by atoms with van der Waals surface area (Å²) in [5, 5.41) is 3.36. The Morgan fingerprint density at radius 3 is 2.70 bits per heavy atom. The summed E-state index contributed by atoms with van der Waals surface area (Å²) in [6, 6.07) is 5.60. The molecule has 0 aliphatic carbocycles. The Kier molecular flexibility index (Phi) is 8.00. The summed E-state index contributed by atoms with van der Waals surface area (Å²) < 4.78 is 13.5. The van der Waals surface area contributed by atoms with Gasteiger partial charge in [0.1, 0.15) is 5.82 Å². The number of hydrogen-bond donors (Lipinski definition) is 1. The fourth-order valence-corrected chi connectivity index (χ4v) is 3.18. The van der Waals surface area contributed by atoms with E-state index in [0.29, 0.717) is 6.04 Å². The maximum absolute atomic E-state index is 13.5. The number of anilines is 1. The van der Waals surface area contributed by atoms with Gasteiger partial charge in [0, 0.05) is 31.1 Å². The average molecular weight is 298 g/mol. The number of nitrogens with zero attached hydrogens (tertiary/aromatic N) is 1. The normalized spacial score (nSPS) is 12.4. The SMILES string of the molecule is CCCNCc1cc(F)ccc1N(C)C(CC)CSC. The van der Waals surface area contributed by atoms with Crippen molar-refractivity contribution in [1.82, 2.24) is 5.32 Å². The van der Waals surface area contributed by atoms with Gasteiger partial charge in [-0.3, -0.25) is 0 Å². The highest BCUT2D eigenvalue weighted by molar-refractivity contribution is 7.98. The van der Waals surface area contributed by atoms with Crippen molar-refractivity contribution in [2.75, 3.05) is 30.5 Å². The Morgan fingerprint density at radius 1 is 1.35 bits per heavy atom. The minimum absolute atomic E-state index is 0.159. The van der Waals surface area contributed by atoms with Gasteiger partial charge in [0.25, 0.3) is 0 Å². The van der Waals surface area contributed by atoms with Gasteiger partial charge in [0.15, 0.2) is 0 Å². The molecule has 0 aromatic heterocycles. The van der Waals surface area contributed by atoms with Gasteiger partial charge < -0.3 is 10.2 Å². The molecule has 0 saturated carbocycles. The van der Waals surface area contributed by atoms with E-state index in [9.17, 15) is 4.39 Å². The van der Waals surface area contributed by atoms with E-state index in [1.54, 1.807) is 12.1 Å². The quantitative estimate of drug-likeness (QED) is 0.696. The highest BCUT2D eigenvalue weighted by Crippen LogP contribution is 2.24. The topological polar surface area (TPSA) is 15.3 Å². The van der Waals surface area contributed by atoms with Crippen LogP contribution in [0.3, 0.4) is 0 Å². The molecule has 0 aliphatic heterocycles. The van der Waals surface area contributed by atoms with Gasteiger partial charge in [-0.1, -0.05) is 13.8 Å². The number of hydrogen-bond acceptors (Lipinski definition) is 3. The van der Waals surface area contributed by atoms with E-state index < -0.39 is 0 Å². The van der Waals surface area contributed by atoms with Crippen LogP contribution in [-0.2, 0) is 6.54 Å². The molecule has 0 heterocycles. The van der Waals surface area contributed by atoms with Crippen LogP contribution in [0.25, 0.3) is 0 Å². The van der Waals surface area contributed by atoms with Crippen molar-refractivity contribution in [2.45, 2.75) is 39.3 Å². The molecule has 0 saturated heterocycles. The number of nitrogens with one attached hydrogen (secondary N) is 1. The molecule has 0 spiro atoms. The van der Waals surface area contributed by atoms with Crippen LogP contribution in [0.1, 0.15) is 32.3 Å². The van der Waals surface area contributed by atoms with Crippen molar-refractivity contribution < 1.29 is 4.39 Å². The third kappa shape index (κ3) is 4.98. The highest BCUT2D eigenvalue weighted by atomic mass is 32.2. The van der Waals surface area contributed by atoms with E-state index in [1.807, 2.05) is 17.8 Å². The van der Waals surface area contributed by atoms with E-state index >= 15 is 0 Å². The summed E-state index contributed by atoms with van der Waals surface area (Å²) in [5.41, 5.74) is 2.18. The maximum Gasteiger partial charge on any atom is 0.123 e. The van der Waals surface area contributed by atoms with Crippen LogP contribution < -0.4 is 10.2 Å². The van der Waals surface area contributed by atoms with E-state index in [4.69, 9.17) is 0 Å². The minimum Gasteiger partial charge on any atom is -0.371 e. The summed E-state index contributed by atoms with van der Waals surface area (Å²) in [4.78, 5) is 2.29. The number of thioether (sulfide) groups is 1. The first-order chi connectivity index (χ1) is 9.63. The molecule has 1 aromatic rings. The lowest BCUT2D eigenvalue weighted by atomic mass is 10.1. The van der Waals surface area contributed by atoms with Gasteiger partial charge in [-0.05, 0) is 49.4 Å². The lowest BCUT2D eigenvalue weighted by molar-refractivity contribution is 0.614. The molecule has 0 fully saturated rings. The standard InChI is InChI=1S/C16H27FN2S/c1-5-9-18-11-13-10-14(17)7-8-16(13)19(3)15(6-2)12-20-4/h7-8,10,15,18H,5-6,9,11-12H2,1-4H3. The van der Waals surface area contributed by atoms with Crippen LogP contribution in [0.4, 0.5) is 10.1 Å². The Bertz CT molecular complexity index is 398. The molecular weight excluding hydrogens is 271 g/mol. The fourth-order valence-electron chi connectivity index (χ4n) is 2.33. The summed E-state index contributed by atoms with van der Waals surface area (Å²) in [6.45, 7) is 6.02. The van der Waals surface area contributed by atoms with E-state index in [-0.39, 0.29) is 5.82 Å². The zero-order valence-corrected chi connectivity index (χ0v) is 13.9. The summed E-state index contributed by atoms with van der Waals surface area (Å²) in [7, 11) is 2.11. The molecule has 20 heavy (non-hydrogen) atoms. The third-order valence-corrected chi connectivity index (χ3v) is 4.26. The number of halogens is 1. The van der Waals surface area contributed by atoms with Crippen LogP contribution in [-0.4, -0.2) is 31.6 Å². The molecule has 1 atom stereocenters. The predicted molar refractivity (Wildman–Crippen MR) is 89.3 cm³/mol. The molecule has 2 nitrogen and oxygen atoms in total. The molecule has 114 valence electrons. The average Bonchev–Trinajstić information content (AvgIpc) is 2.44. The summed E-state index contributed by atoms with van der Waals surface area (Å²) in [6.07, 6.45) is 4.31. The monoisotopic (exact) mass is 298 g/mol. The molecule has 1 unspecified atom stereocenters. The van der Waals surface area contributed by atoms with Crippen molar-refractivity contribution in [3.63, 3.8) is 0 Å². The smallest absolute Gasteiger partial charge is 0.123 e. The van der Waals surface area contributed by atoms with Crippen molar-refractivity contribution in [1.29, 1.82) is 0 Å². The minimum atomic E-state index is -0.159. The van der Waals surface area contributed by atoms with Gasteiger partial charge in [-0.15, -0.1) is 0 Å². The molecule has 1 N–H and O–H groups in total. The lowest BCUT2D eigenvalue weighted by Gasteiger charge is -2.30. The Hall–Kier alpha value is -0.740. The van der Waals surface area contributed by atoms with Crippen molar-refractivity contribution >= 4 is 17.4 Å². The molecule has 1 rings (SSSR count). The van der Waals surface area contributed by atoms with Crippen molar-refractivity contribution in [3.8, 4) is 0 Å². The molecule has 0 radical (unpaired) electrons. The molecule has 0 aliphatic rings. The molecule has 1 aromatic carbocycles. The third-order valence-electron chi connectivity index (χ3n) is 3.54. The second-order valence-corrected chi connectivity index (χ2v) is 5.99. The molecule has 0 amide bonds. The second-order valence-electron chi connectivity index (χ2n) is 5.08. The van der Waals surface area contributed by atoms with E-state index in [0.717, 1.165) is 42.9 Å². The first kappa shape index (κ1) is 17.3. The summed E-state index contributed by atoms with van der Waals surface area (Å²) >= 11 is 1.86. The largest absolute Gasteiger partial charge is 0.371 e. The van der Waals surface area contributed by atoms with Crippen LogP contribution >= 0.6 is 11.8 Å². The predicted octanol–water partition coefficient (Wildman–Crippen LogP) is 3.90. The van der Waals surface area contributed by atoms with Crippen LogP contribution in [0.5, 0.6) is 0 Å². The fraction of sp³-hybridized carbons (Fsp3) is 0.625. The van der Waals surface area contributed by atoms with Crippen LogP contribution in [0.2, 0.25) is 0 Å². The van der Waals surface area contributed by atoms with Gasteiger partial charge >= 0.3 is 0 Å². The first-order valence-electron chi connectivity index (χ1n) is 7.34. The second kappa shape index (κ2) is 9.24. The Labute approximate surface area is 127 Å². The van der Waals surface area contributed by atoms with Crippen molar-refractivity contribution in [3.05, 3.63) is 29.6 Å². The van der Waals surface area contributed by atoms with Crippen molar-refractivity contribution in [2.24, 2.45) is 0 Å². The maximum atomic E-state index is 13.5. The van der Waals surface area contributed by atoms with E-state index in [1.165, 1.54) is 0 Å². The van der Waals surface area contributed by atoms with Gasteiger partial charge in [-0.25, -0.2) is 4.39 Å². The summed E-state index contributed by atoms with van der Waals surface area (Å²) in [5.74, 6) is 0.931. The lowest BCUT2D eigenvalue weighted by Crippen LogP contribution is -2.34. The van der Waals surface area contributed by atoms with Crippen LogP contribution in [0.15, 0.2) is 18.2 Å². The zero-order valence-electron chi connectivity index (χ0n) is 13.1.